The molecule has 6 nitrogen and oxygen atoms in total. The van der Waals surface area contributed by atoms with Gasteiger partial charge in [0.2, 0.25) is 5.43 Å². The van der Waals surface area contributed by atoms with Gasteiger partial charge in [-0.2, -0.15) is 0 Å². The van der Waals surface area contributed by atoms with Crippen LogP contribution in [0.25, 0.3) is 10.9 Å². The zero-order valence-electron chi connectivity index (χ0n) is 11.2. The monoisotopic (exact) mass is 292 g/mol. The minimum absolute atomic E-state index is 0.0740. The van der Waals surface area contributed by atoms with Crippen molar-refractivity contribution in [1.82, 2.24) is 4.57 Å². The van der Waals surface area contributed by atoms with Crippen LogP contribution in [0.3, 0.4) is 0 Å². The molecule has 3 N–H and O–H groups in total. The van der Waals surface area contributed by atoms with Crippen molar-refractivity contribution in [1.29, 1.82) is 0 Å². The van der Waals surface area contributed by atoms with Crippen molar-refractivity contribution in [2.24, 2.45) is 0 Å². The van der Waals surface area contributed by atoms with Crippen LogP contribution in [0.5, 0.6) is 5.75 Å². The molecule has 1 aromatic heterocycles. The number of aromatic carboxylic acids is 1. The maximum absolute atomic E-state index is 13.9. The van der Waals surface area contributed by atoms with Crippen LogP contribution in [0.4, 0.5) is 10.1 Å². The Morgan fingerprint density at radius 2 is 2.19 bits per heavy atom. The SMILES string of the molecule is COc1cc(F)c(N)c2c(=O)c(C(=O)O)cn(C3CC3)c12. The number of hydrogen-bond donors (Lipinski definition) is 2. The standard InChI is InChI=1S/C14H13FN2O4/c1-21-9-4-8(15)11(16)10-12(9)17(6-2-3-6)5-7(13(10)18)14(19)20/h4-6H,2-3,16H2,1H3,(H,19,20). The summed E-state index contributed by atoms with van der Waals surface area (Å²) in [5.41, 5.74) is 4.43. The van der Waals surface area contributed by atoms with Gasteiger partial charge in [-0.25, -0.2) is 9.18 Å². The Bertz CT molecular complexity index is 824. The summed E-state index contributed by atoms with van der Waals surface area (Å²) >= 11 is 0. The molecule has 21 heavy (non-hydrogen) atoms. The lowest BCUT2D eigenvalue weighted by molar-refractivity contribution is 0.0695. The Kier molecular flexibility index (Phi) is 2.86. The summed E-state index contributed by atoms with van der Waals surface area (Å²) in [5.74, 6) is -2.00. The number of benzene rings is 1. The van der Waals surface area contributed by atoms with E-state index in [0.29, 0.717) is 5.52 Å². The van der Waals surface area contributed by atoms with Crippen LogP contribution in [0.1, 0.15) is 29.2 Å². The van der Waals surface area contributed by atoms with Crippen molar-refractivity contribution >= 4 is 22.6 Å². The molecule has 3 rings (SSSR count). The van der Waals surface area contributed by atoms with E-state index in [0.717, 1.165) is 18.9 Å². The zero-order valence-corrected chi connectivity index (χ0v) is 11.2. The number of methoxy groups -OCH3 is 1. The maximum Gasteiger partial charge on any atom is 0.341 e. The molecule has 1 aromatic carbocycles. The van der Waals surface area contributed by atoms with E-state index >= 15 is 0 Å². The maximum atomic E-state index is 13.9. The third kappa shape index (κ3) is 1.93. The number of hydrogen-bond acceptors (Lipinski definition) is 4. The number of carbonyl (C=O) groups is 1. The number of nitrogens with zero attached hydrogens (tertiary/aromatic N) is 1. The molecule has 0 amide bonds. The van der Waals surface area contributed by atoms with Crippen LogP contribution in [-0.2, 0) is 0 Å². The lowest BCUT2D eigenvalue weighted by Crippen LogP contribution is -2.20. The molecule has 1 heterocycles. The lowest BCUT2D eigenvalue weighted by Gasteiger charge is -2.16. The normalized spacial score (nSPS) is 14.4. The first-order valence-corrected chi connectivity index (χ1v) is 6.39. The van der Waals surface area contributed by atoms with E-state index in [9.17, 15) is 14.0 Å². The van der Waals surface area contributed by atoms with Gasteiger partial charge in [-0.1, -0.05) is 0 Å². The Morgan fingerprint density at radius 3 is 2.71 bits per heavy atom. The highest BCUT2D eigenvalue weighted by Crippen LogP contribution is 2.40. The number of aromatic nitrogens is 1. The number of ether oxygens (including phenoxy) is 1. The molecule has 0 radical (unpaired) electrons. The van der Waals surface area contributed by atoms with E-state index in [1.165, 1.54) is 13.3 Å². The van der Waals surface area contributed by atoms with Crippen LogP contribution >= 0.6 is 0 Å². The Balaban J connectivity index is 2.55. The zero-order chi connectivity index (χ0) is 15.3. The van der Waals surface area contributed by atoms with E-state index in [4.69, 9.17) is 15.6 Å². The van der Waals surface area contributed by atoms with Crippen molar-refractivity contribution in [3.05, 3.63) is 33.9 Å². The number of halogens is 1. The third-order valence-corrected chi connectivity index (χ3v) is 3.64. The molecule has 1 aliphatic rings. The van der Waals surface area contributed by atoms with Gasteiger partial charge in [0.05, 0.1) is 23.7 Å². The van der Waals surface area contributed by atoms with Gasteiger partial charge in [0, 0.05) is 18.3 Å². The van der Waals surface area contributed by atoms with Crippen molar-refractivity contribution in [3.63, 3.8) is 0 Å². The summed E-state index contributed by atoms with van der Waals surface area (Å²) < 4.78 is 20.6. The number of rotatable bonds is 3. The van der Waals surface area contributed by atoms with Gasteiger partial charge < -0.3 is 20.1 Å². The molecule has 2 aromatic rings. The van der Waals surface area contributed by atoms with Gasteiger partial charge in [-0.05, 0) is 12.8 Å². The van der Waals surface area contributed by atoms with Gasteiger partial charge in [0.15, 0.2) is 5.82 Å². The number of carboxylic acids is 1. The van der Waals surface area contributed by atoms with E-state index in [-0.39, 0.29) is 22.9 Å². The molecule has 0 aliphatic heterocycles. The molecule has 7 heteroatoms. The summed E-state index contributed by atoms with van der Waals surface area (Å²) in [4.78, 5) is 23.5. The summed E-state index contributed by atoms with van der Waals surface area (Å²) in [7, 11) is 1.36. The van der Waals surface area contributed by atoms with Crippen LogP contribution < -0.4 is 15.9 Å². The van der Waals surface area contributed by atoms with Gasteiger partial charge in [-0.15, -0.1) is 0 Å². The first-order valence-electron chi connectivity index (χ1n) is 6.39. The fraction of sp³-hybridized carbons (Fsp3) is 0.286. The molecule has 0 unspecified atom stereocenters. The average Bonchev–Trinajstić information content (AvgIpc) is 3.26. The quantitative estimate of drug-likeness (QED) is 0.841. The van der Waals surface area contributed by atoms with Crippen LogP contribution in [0.15, 0.2) is 17.1 Å². The summed E-state index contributed by atoms with van der Waals surface area (Å²) in [6, 6.07) is 1.18. The highest BCUT2D eigenvalue weighted by molar-refractivity contribution is 5.99. The minimum atomic E-state index is -1.36. The second kappa shape index (κ2) is 4.47. The molecule has 110 valence electrons. The number of fused-ring (bicyclic) bond motifs is 1. The molecule has 0 atom stereocenters. The van der Waals surface area contributed by atoms with Crippen molar-refractivity contribution < 1.29 is 19.0 Å². The summed E-state index contributed by atoms with van der Waals surface area (Å²) in [6.45, 7) is 0. The topological polar surface area (TPSA) is 94.6 Å². The molecule has 1 fully saturated rings. The first kappa shape index (κ1) is 13.4. The first-order chi connectivity index (χ1) is 9.95. The van der Waals surface area contributed by atoms with Crippen LogP contribution in [0.2, 0.25) is 0 Å². The van der Waals surface area contributed by atoms with Gasteiger partial charge in [0.25, 0.3) is 0 Å². The predicted molar refractivity (Wildman–Crippen MR) is 74.4 cm³/mol. The average molecular weight is 292 g/mol. The van der Waals surface area contributed by atoms with Gasteiger partial charge >= 0.3 is 5.97 Å². The van der Waals surface area contributed by atoms with E-state index in [1.807, 2.05) is 0 Å². The van der Waals surface area contributed by atoms with E-state index < -0.39 is 22.8 Å². The fourth-order valence-corrected chi connectivity index (χ4v) is 2.46. The Hall–Kier alpha value is -2.57. The van der Waals surface area contributed by atoms with Crippen LogP contribution in [0, 0.1) is 5.82 Å². The summed E-state index contributed by atoms with van der Waals surface area (Å²) in [5, 5.41) is 9.02. The van der Waals surface area contributed by atoms with Crippen molar-refractivity contribution in [2.75, 3.05) is 12.8 Å². The molecular weight excluding hydrogens is 279 g/mol. The molecule has 0 spiro atoms. The predicted octanol–water partition coefficient (Wildman–Crippen LogP) is 1.76. The molecule has 1 aliphatic carbocycles. The highest BCUT2D eigenvalue weighted by Gasteiger charge is 2.29. The second-order valence-corrected chi connectivity index (χ2v) is 5.01. The second-order valence-electron chi connectivity index (χ2n) is 5.01. The minimum Gasteiger partial charge on any atom is -0.494 e. The number of carboxylic acid groups (broad SMARTS) is 1. The Morgan fingerprint density at radius 1 is 1.52 bits per heavy atom. The highest BCUT2D eigenvalue weighted by atomic mass is 19.1. The third-order valence-electron chi connectivity index (χ3n) is 3.64. The number of nitrogens with two attached hydrogens (primary N) is 1. The number of pyridine rings is 1. The van der Waals surface area contributed by atoms with E-state index in [2.05, 4.69) is 0 Å². The Labute approximate surface area is 118 Å². The number of nitrogen functional groups attached to an aromatic ring is 1. The smallest absolute Gasteiger partial charge is 0.341 e. The van der Waals surface area contributed by atoms with E-state index in [1.54, 1.807) is 4.57 Å². The van der Waals surface area contributed by atoms with Gasteiger partial charge in [0.1, 0.15) is 11.3 Å². The molecule has 0 saturated heterocycles. The van der Waals surface area contributed by atoms with Crippen LogP contribution in [-0.4, -0.2) is 22.8 Å². The molecular formula is C14H13FN2O4. The van der Waals surface area contributed by atoms with Gasteiger partial charge in [-0.3, -0.25) is 4.79 Å². The fourth-order valence-electron chi connectivity index (χ4n) is 2.46. The van der Waals surface area contributed by atoms with Crippen molar-refractivity contribution in [3.8, 4) is 5.75 Å². The summed E-state index contributed by atoms with van der Waals surface area (Å²) in [6.07, 6.45) is 3.00. The number of anilines is 1. The van der Waals surface area contributed by atoms with Crippen molar-refractivity contribution in [2.45, 2.75) is 18.9 Å². The molecule has 0 bridgehead atoms. The lowest BCUT2D eigenvalue weighted by atomic mass is 10.1. The largest absolute Gasteiger partial charge is 0.494 e. The molecule has 1 saturated carbocycles.